The molecular formula is C12H12N2. The Labute approximate surface area is 83.1 Å². The van der Waals surface area contributed by atoms with Gasteiger partial charge in [-0.3, -0.25) is 4.98 Å². The topological polar surface area (TPSA) is 38.9 Å². The Morgan fingerprint density at radius 2 is 2.00 bits per heavy atom. The van der Waals surface area contributed by atoms with E-state index in [2.05, 4.69) is 17.6 Å². The van der Waals surface area contributed by atoms with E-state index in [0.29, 0.717) is 0 Å². The maximum Gasteiger partial charge on any atom is 0.0653 e. The summed E-state index contributed by atoms with van der Waals surface area (Å²) < 4.78 is 0. The third kappa shape index (κ3) is 1.52. The van der Waals surface area contributed by atoms with Gasteiger partial charge in [-0.1, -0.05) is 30.3 Å². The van der Waals surface area contributed by atoms with Crippen molar-refractivity contribution in [3.8, 4) is 0 Å². The van der Waals surface area contributed by atoms with Gasteiger partial charge in [0.1, 0.15) is 0 Å². The Morgan fingerprint density at radius 3 is 2.71 bits per heavy atom. The molecule has 0 spiro atoms. The van der Waals surface area contributed by atoms with Gasteiger partial charge < -0.3 is 5.73 Å². The molecular weight excluding hydrogens is 172 g/mol. The third-order valence-corrected chi connectivity index (χ3v) is 2.25. The molecule has 0 aliphatic heterocycles. The third-order valence-electron chi connectivity index (χ3n) is 2.25. The zero-order valence-corrected chi connectivity index (χ0v) is 7.85. The Bertz CT molecular complexity index is 463. The van der Waals surface area contributed by atoms with Gasteiger partial charge >= 0.3 is 0 Å². The lowest BCUT2D eigenvalue weighted by Crippen LogP contribution is -2.08. The van der Waals surface area contributed by atoms with Crippen molar-refractivity contribution in [2.75, 3.05) is 0 Å². The molecule has 0 aliphatic rings. The van der Waals surface area contributed by atoms with E-state index in [-0.39, 0.29) is 6.04 Å². The van der Waals surface area contributed by atoms with Crippen LogP contribution >= 0.6 is 0 Å². The van der Waals surface area contributed by atoms with Crippen molar-refractivity contribution in [2.24, 2.45) is 5.73 Å². The van der Waals surface area contributed by atoms with Crippen molar-refractivity contribution in [1.29, 1.82) is 0 Å². The predicted octanol–water partition coefficient (Wildman–Crippen LogP) is 2.42. The van der Waals surface area contributed by atoms with E-state index in [9.17, 15) is 0 Å². The van der Waals surface area contributed by atoms with Crippen LogP contribution in [0, 0.1) is 0 Å². The maximum absolute atomic E-state index is 5.80. The summed E-state index contributed by atoms with van der Waals surface area (Å²) in [6.07, 6.45) is 3.53. The van der Waals surface area contributed by atoms with Crippen LogP contribution in [0.4, 0.5) is 0 Å². The largest absolute Gasteiger partial charge is 0.319 e. The first kappa shape index (κ1) is 8.91. The lowest BCUT2D eigenvalue weighted by Gasteiger charge is -2.06. The van der Waals surface area contributed by atoms with E-state index in [1.54, 1.807) is 6.08 Å². The maximum atomic E-state index is 5.80. The highest BCUT2D eigenvalue weighted by Gasteiger charge is 2.02. The highest BCUT2D eigenvalue weighted by atomic mass is 14.8. The molecule has 70 valence electrons. The van der Waals surface area contributed by atoms with Crippen LogP contribution in [0.2, 0.25) is 0 Å². The molecule has 2 nitrogen and oxygen atoms in total. The first-order valence-corrected chi connectivity index (χ1v) is 4.54. The van der Waals surface area contributed by atoms with Gasteiger partial charge in [0.05, 0.1) is 11.7 Å². The van der Waals surface area contributed by atoms with Crippen molar-refractivity contribution in [3.05, 3.63) is 54.9 Å². The van der Waals surface area contributed by atoms with Crippen LogP contribution in [-0.2, 0) is 0 Å². The van der Waals surface area contributed by atoms with Crippen molar-refractivity contribution in [2.45, 2.75) is 6.04 Å². The van der Waals surface area contributed by atoms with Crippen LogP contribution in [-0.4, -0.2) is 4.98 Å². The van der Waals surface area contributed by atoms with Crippen molar-refractivity contribution in [1.82, 2.24) is 4.98 Å². The second-order valence-electron chi connectivity index (χ2n) is 3.22. The molecule has 0 radical (unpaired) electrons. The molecule has 14 heavy (non-hydrogen) atoms. The Morgan fingerprint density at radius 1 is 1.29 bits per heavy atom. The minimum absolute atomic E-state index is 0.181. The number of aromatic nitrogens is 1. The number of hydrogen-bond donors (Lipinski definition) is 1. The number of hydrogen-bond acceptors (Lipinski definition) is 2. The van der Waals surface area contributed by atoms with Crippen LogP contribution in [0.25, 0.3) is 10.8 Å². The van der Waals surface area contributed by atoms with Crippen molar-refractivity contribution < 1.29 is 0 Å². The Balaban J connectivity index is 2.56. The van der Waals surface area contributed by atoms with Crippen LogP contribution in [0.1, 0.15) is 11.7 Å². The normalized spacial score (nSPS) is 12.6. The fourth-order valence-corrected chi connectivity index (χ4v) is 1.40. The minimum atomic E-state index is -0.181. The molecule has 2 aromatic rings. The average molecular weight is 184 g/mol. The van der Waals surface area contributed by atoms with Gasteiger partial charge in [0.25, 0.3) is 0 Å². The lowest BCUT2D eigenvalue weighted by atomic mass is 10.1. The molecule has 0 saturated heterocycles. The zero-order valence-electron chi connectivity index (χ0n) is 7.85. The second-order valence-corrected chi connectivity index (χ2v) is 3.22. The van der Waals surface area contributed by atoms with Gasteiger partial charge in [-0.05, 0) is 11.5 Å². The quantitative estimate of drug-likeness (QED) is 0.728. The van der Waals surface area contributed by atoms with Gasteiger partial charge in [-0.25, -0.2) is 0 Å². The molecule has 0 bridgehead atoms. The molecule has 0 fully saturated rings. The van der Waals surface area contributed by atoms with E-state index >= 15 is 0 Å². The van der Waals surface area contributed by atoms with Gasteiger partial charge in [-0.15, -0.1) is 6.58 Å². The first-order chi connectivity index (χ1) is 6.81. The van der Waals surface area contributed by atoms with Crippen molar-refractivity contribution in [3.63, 3.8) is 0 Å². The minimum Gasteiger partial charge on any atom is -0.319 e. The molecule has 1 aromatic carbocycles. The molecule has 2 rings (SSSR count). The molecule has 0 unspecified atom stereocenters. The SMILES string of the molecule is C=C[C@@H](N)c1cc2ccccc2cn1. The predicted molar refractivity (Wildman–Crippen MR) is 58.9 cm³/mol. The van der Waals surface area contributed by atoms with E-state index < -0.39 is 0 Å². The van der Waals surface area contributed by atoms with E-state index in [1.165, 1.54) is 0 Å². The molecule has 2 heteroatoms. The summed E-state index contributed by atoms with van der Waals surface area (Å²) in [5.41, 5.74) is 6.66. The Kier molecular flexibility index (Phi) is 2.29. The molecule has 0 aliphatic carbocycles. The zero-order chi connectivity index (χ0) is 9.97. The molecule has 0 saturated carbocycles. The molecule has 1 heterocycles. The Hall–Kier alpha value is -1.67. The lowest BCUT2D eigenvalue weighted by molar-refractivity contribution is 0.868. The summed E-state index contributed by atoms with van der Waals surface area (Å²) in [6, 6.07) is 9.91. The molecule has 2 N–H and O–H groups in total. The summed E-state index contributed by atoms with van der Waals surface area (Å²) in [5.74, 6) is 0. The number of benzene rings is 1. The van der Waals surface area contributed by atoms with Gasteiger partial charge in [0.2, 0.25) is 0 Å². The fraction of sp³-hybridized carbons (Fsp3) is 0.0833. The number of rotatable bonds is 2. The second kappa shape index (κ2) is 3.60. The number of pyridine rings is 1. The summed E-state index contributed by atoms with van der Waals surface area (Å²) in [4.78, 5) is 4.28. The highest BCUT2D eigenvalue weighted by molar-refractivity contribution is 5.81. The number of nitrogens with zero attached hydrogens (tertiary/aromatic N) is 1. The van der Waals surface area contributed by atoms with Crippen LogP contribution in [0.5, 0.6) is 0 Å². The molecule has 0 amide bonds. The van der Waals surface area contributed by atoms with Crippen molar-refractivity contribution >= 4 is 10.8 Å². The summed E-state index contributed by atoms with van der Waals surface area (Å²) in [5, 5.41) is 2.29. The number of fused-ring (bicyclic) bond motifs is 1. The highest BCUT2D eigenvalue weighted by Crippen LogP contribution is 2.16. The van der Waals surface area contributed by atoms with Crippen LogP contribution < -0.4 is 5.73 Å². The number of nitrogens with two attached hydrogens (primary N) is 1. The summed E-state index contributed by atoms with van der Waals surface area (Å²) in [6.45, 7) is 3.65. The molecule has 1 atom stereocenters. The van der Waals surface area contributed by atoms with Gasteiger partial charge in [-0.2, -0.15) is 0 Å². The first-order valence-electron chi connectivity index (χ1n) is 4.54. The van der Waals surface area contributed by atoms with E-state index in [4.69, 9.17) is 5.73 Å². The summed E-state index contributed by atoms with van der Waals surface area (Å²) >= 11 is 0. The van der Waals surface area contributed by atoms with Gasteiger partial charge in [0.15, 0.2) is 0 Å². The van der Waals surface area contributed by atoms with E-state index in [1.807, 2.05) is 30.5 Å². The fourth-order valence-electron chi connectivity index (χ4n) is 1.40. The van der Waals surface area contributed by atoms with Crippen LogP contribution in [0.3, 0.4) is 0 Å². The summed E-state index contributed by atoms with van der Waals surface area (Å²) in [7, 11) is 0. The van der Waals surface area contributed by atoms with Gasteiger partial charge in [0, 0.05) is 11.6 Å². The monoisotopic (exact) mass is 184 g/mol. The standard InChI is InChI=1S/C12H12N2/c1-2-11(13)12-7-9-5-3-4-6-10(9)8-14-12/h2-8,11H,1,13H2/t11-/m1/s1. The molecule has 1 aromatic heterocycles. The van der Waals surface area contributed by atoms with Crippen LogP contribution in [0.15, 0.2) is 49.2 Å². The smallest absolute Gasteiger partial charge is 0.0653 e. The average Bonchev–Trinajstić information content (AvgIpc) is 2.27. The van der Waals surface area contributed by atoms with E-state index in [0.717, 1.165) is 16.5 Å².